The summed E-state index contributed by atoms with van der Waals surface area (Å²) in [6.45, 7) is 1.93. The first-order valence-corrected chi connectivity index (χ1v) is 8.57. The molecule has 0 unspecified atom stereocenters. The van der Waals surface area contributed by atoms with Gasteiger partial charge < -0.3 is 8.92 Å². The van der Waals surface area contributed by atoms with E-state index >= 15 is 0 Å². The molecule has 0 fully saturated rings. The number of hydrogen-bond donors (Lipinski definition) is 0. The van der Waals surface area contributed by atoms with Gasteiger partial charge in [-0.2, -0.15) is 12.8 Å². The maximum absolute atomic E-state index is 13.5. The highest BCUT2D eigenvalue weighted by molar-refractivity contribution is 7.86. The van der Waals surface area contributed by atoms with Crippen molar-refractivity contribution in [3.05, 3.63) is 90.2 Å². The highest BCUT2D eigenvalue weighted by Gasteiger charge is 2.13. The van der Waals surface area contributed by atoms with E-state index in [1.54, 1.807) is 24.3 Å². The third-order valence-corrected chi connectivity index (χ3v) is 4.23. The van der Waals surface area contributed by atoms with Crippen LogP contribution in [0.2, 0.25) is 0 Å². The summed E-state index contributed by atoms with van der Waals surface area (Å²) in [5.41, 5.74) is 1.76. The molecule has 2 aromatic rings. The molecule has 2 aromatic carbocycles. The molecule has 0 atom stereocenters. The molecule has 2 rings (SSSR count). The average Bonchev–Trinajstić information content (AvgIpc) is 2.58. The van der Waals surface area contributed by atoms with E-state index in [0.717, 1.165) is 29.5 Å². The van der Waals surface area contributed by atoms with E-state index < -0.39 is 16.1 Å². The van der Waals surface area contributed by atoms with E-state index in [1.807, 2.05) is 25.1 Å². The maximum atomic E-state index is 13.5. The number of rotatable bonds is 7. The van der Waals surface area contributed by atoms with E-state index in [1.165, 1.54) is 12.1 Å². The number of hydrogen-bond acceptors (Lipinski definition) is 4. The van der Waals surface area contributed by atoms with E-state index in [0.29, 0.717) is 0 Å². The number of ether oxygens (including phenoxy) is 1. The van der Waals surface area contributed by atoms with Crippen LogP contribution in [-0.2, 0) is 25.6 Å². The summed E-state index contributed by atoms with van der Waals surface area (Å²) in [5.74, 6) is 0. The summed E-state index contributed by atoms with van der Waals surface area (Å²) in [4.78, 5) is 0.0301. The zero-order valence-corrected chi connectivity index (χ0v) is 13.9. The molecular weight excluding hydrogens is 331 g/mol. The number of allylic oxidation sites excluding steroid dienone is 2. The first-order chi connectivity index (χ1) is 11.5. The maximum Gasteiger partial charge on any atom is 0.338 e. The van der Waals surface area contributed by atoms with Crippen molar-refractivity contribution in [3.8, 4) is 0 Å². The van der Waals surface area contributed by atoms with Crippen molar-refractivity contribution in [1.29, 1.82) is 0 Å². The lowest BCUT2D eigenvalue weighted by Gasteiger charge is -2.03. The van der Waals surface area contributed by atoms with E-state index in [4.69, 9.17) is 8.92 Å². The molecule has 0 heterocycles. The minimum atomic E-state index is -3.91. The molecule has 0 bridgehead atoms. The minimum Gasteiger partial charge on any atom is -0.466 e. The Morgan fingerprint density at radius 2 is 1.75 bits per heavy atom. The van der Waals surface area contributed by atoms with Crippen molar-refractivity contribution in [2.24, 2.45) is 0 Å². The largest absolute Gasteiger partial charge is 0.466 e. The van der Waals surface area contributed by atoms with Gasteiger partial charge in [-0.05, 0) is 30.7 Å². The monoisotopic (exact) mass is 348 g/mol. The van der Waals surface area contributed by atoms with Crippen LogP contribution in [0.3, 0.4) is 0 Å². The zero-order chi connectivity index (χ0) is 17.4. The Bertz CT molecular complexity index is 810. The van der Waals surface area contributed by atoms with Crippen LogP contribution < -0.4 is 0 Å². The number of benzene rings is 2. The Labute approximate surface area is 141 Å². The van der Waals surface area contributed by atoms with Gasteiger partial charge in [0, 0.05) is 6.08 Å². The number of halogens is 1. The summed E-state index contributed by atoms with van der Waals surface area (Å²) in [6, 6.07) is 14.5. The van der Waals surface area contributed by atoms with Crippen LogP contribution in [0, 0.1) is 6.92 Å². The second-order valence-corrected chi connectivity index (χ2v) is 6.51. The van der Waals surface area contributed by atoms with E-state index in [2.05, 4.69) is 0 Å². The molecule has 0 aliphatic carbocycles. The lowest BCUT2D eigenvalue weighted by Crippen LogP contribution is -2.01. The Morgan fingerprint density at radius 1 is 1.08 bits per heavy atom. The molecule has 4 nitrogen and oxygen atoms in total. The van der Waals surface area contributed by atoms with Gasteiger partial charge in [-0.3, -0.25) is 0 Å². The predicted molar refractivity (Wildman–Crippen MR) is 89.0 cm³/mol. The molecule has 0 aliphatic heterocycles. The summed E-state index contributed by atoms with van der Waals surface area (Å²) in [7, 11) is -3.91. The fraction of sp³-hybridized carbons (Fsp3) is 0.111. The van der Waals surface area contributed by atoms with Crippen LogP contribution in [0.25, 0.3) is 0 Å². The average molecular weight is 348 g/mol. The molecule has 0 saturated carbocycles. The highest BCUT2D eigenvalue weighted by atomic mass is 32.2. The third kappa shape index (κ3) is 5.55. The molecular formula is C18H17FO4S. The third-order valence-electron chi connectivity index (χ3n) is 3.02. The van der Waals surface area contributed by atoms with Gasteiger partial charge in [0.05, 0.1) is 0 Å². The molecule has 0 aliphatic rings. The van der Waals surface area contributed by atoms with Gasteiger partial charge in [0.2, 0.25) is 0 Å². The van der Waals surface area contributed by atoms with Crippen molar-refractivity contribution < 1.29 is 21.7 Å². The minimum absolute atomic E-state index is 0.0301. The molecule has 0 spiro atoms. The summed E-state index contributed by atoms with van der Waals surface area (Å²) in [6.07, 6.45) is 2.99. The summed E-state index contributed by atoms with van der Waals surface area (Å²) >= 11 is 0. The smallest absolute Gasteiger partial charge is 0.338 e. The second kappa shape index (κ2) is 8.31. The molecule has 24 heavy (non-hydrogen) atoms. The first kappa shape index (κ1) is 17.7. The SMILES string of the molecule is Cc1ccc(S(=O)(=O)O/C=C\C=C(/F)OCc2ccccc2)cc1. The van der Waals surface area contributed by atoms with Crippen LogP contribution in [-0.4, -0.2) is 8.42 Å². The van der Waals surface area contributed by atoms with Crippen molar-refractivity contribution in [2.75, 3.05) is 0 Å². The van der Waals surface area contributed by atoms with Crippen LogP contribution in [0.15, 0.2) is 83.9 Å². The molecule has 126 valence electrons. The normalized spacial score (nSPS) is 12.3. The summed E-state index contributed by atoms with van der Waals surface area (Å²) in [5, 5.41) is 0. The van der Waals surface area contributed by atoms with Gasteiger partial charge in [-0.25, -0.2) is 0 Å². The Morgan fingerprint density at radius 3 is 2.42 bits per heavy atom. The molecule has 0 N–H and O–H groups in total. The molecule has 0 radical (unpaired) electrons. The molecule has 6 heteroatoms. The van der Waals surface area contributed by atoms with E-state index in [9.17, 15) is 12.8 Å². The fourth-order valence-corrected chi connectivity index (χ4v) is 2.55. The first-order valence-electron chi connectivity index (χ1n) is 7.16. The lowest BCUT2D eigenvalue weighted by molar-refractivity contribution is 0.133. The fourth-order valence-electron chi connectivity index (χ4n) is 1.76. The van der Waals surface area contributed by atoms with Crippen LogP contribution in [0.4, 0.5) is 4.39 Å². The number of aryl methyl sites for hydroxylation is 1. The van der Waals surface area contributed by atoms with Gasteiger partial charge >= 0.3 is 10.1 Å². The highest BCUT2D eigenvalue weighted by Crippen LogP contribution is 2.13. The molecule has 0 saturated heterocycles. The topological polar surface area (TPSA) is 52.6 Å². The Kier molecular flexibility index (Phi) is 6.14. The van der Waals surface area contributed by atoms with Gasteiger partial charge in [0.1, 0.15) is 17.8 Å². The zero-order valence-electron chi connectivity index (χ0n) is 13.1. The predicted octanol–water partition coefficient (Wildman–Crippen LogP) is 4.24. The standard InChI is InChI=1S/C18H17FO4S/c1-15-9-11-17(12-10-15)24(20,21)23-13-5-8-18(19)22-14-16-6-3-2-4-7-16/h2-13H,14H2,1H3/b13-5-,18-8+. The van der Waals surface area contributed by atoms with Crippen molar-refractivity contribution in [3.63, 3.8) is 0 Å². The Balaban J connectivity index is 1.87. The lowest BCUT2D eigenvalue weighted by atomic mass is 10.2. The van der Waals surface area contributed by atoms with Crippen molar-refractivity contribution >= 4 is 10.1 Å². The molecule has 0 aromatic heterocycles. The van der Waals surface area contributed by atoms with Crippen molar-refractivity contribution in [2.45, 2.75) is 18.4 Å². The Hall–Kier alpha value is -2.60. The van der Waals surface area contributed by atoms with Crippen LogP contribution in [0.5, 0.6) is 0 Å². The van der Waals surface area contributed by atoms with Crippen molar-refractivity contribution in [1.82, 2.24) is 0 Å². The summed E-state index contributed by atoms with van der Waals surface area (Å²) < 4.78 is 46.8. The van der Waals surface area contributed by atoms with Crippen LogP contribution in [0.1, 0.15) is 11.1 Å². The van der Waals surface area contributed by atoms with Gasteiger partial charge in [-0.15, -0.1) is 0 Å². The molecule has 0 amide bonds. The van der Waals surface area contributed by atoms with Gasteiger partial charge in [0.25, 0.3) is 6.01 Å². The van der Waals surface area contributed by atoms with E-state index in [-0.39, 0.29) is 11.5 Å². The quantitative estimate of drug-likeness (QED) is 0.427. The van der Waals surface area contributed by atoms with Crippen LogP contribution >= 0.6 is 0 Å². The van der Waals surface area contributed by atoms with Gasteiger partial charge in [0.15, 0.2) is 0 Å². The van der Waals surface area contributed by atoms with Gasteiger partial charge in [-0.1, -0.05) is 48.0 Å². The second-order valence-electron chi connectivity index (χ2n) is 4.94.